The van der Waals surface area contributed by atoms with Gasteiger partial charge >= 0.3 is 4.05 Å². The van der Waals surface area contributed by atoms with Gasteiger partial charge in [-0.1, -0.05) is 136 Å². The van der Waals surface area contributed by atoms with E-state index < -0.39 is 32.2 Å². The van der Waals surface area contributed by atoms with Crippen LogP contribution in [0.5, 0.6) is 11.6 Å². The fourth-order valence-corrected chi connectivity index (χ4v) is 14.7. The van der Waals surface area contributed by atoms with Crippen LogP contribution in [0.2, 0.25) is 5.02 Å². The molecule has 4 aliphatic rings. The highest BCUT2D eigenvalue weighted by Crippen LogP contribution is 2.59. The van der Waals surface area contributed by atoms with Crippen molar-refractivity contribution in [2.45, 2.75) is 62.7 Å². The lowest BCUT2D eigenvalue weighted by atomic mass is 9.62. The summed E-state index contributed by atoms with van der Waals surface area (Å²) in [5, 5.41) is 17.5. The zero-order valence-corrected chi connectivity index (χ0v) is 38.4. The van der Waals surface area contributed by atoms with Crippen LogP contribution in [0.3, 0.4) is 0 Å². The largest absolute Gasteiger partial charge is 0.510 e. The second kappa shape index (κ2) is 18.4. The summed E-state index contributed by atoms with van der Waals surface area (Å²) >= 11 is 14.8. The van der Waals surface area contributed by atoms with Gasteiger partial charge in [-0.05, 0) is 105 Å². The number of thiol groups is 1. The van der Waals surface area contributed by atoms with E-state index >= 15 is 9.59 Å². The maximum atomic E-state index is 15.3. The van der Waals surface area contributed by atoms with Crippen molar-refractivity contribution >= 4 is 93.8 Å². The average Bonchev–Trinajstić information content (AvgIpc) is 3.90. The second-order valence-electron chi connectivity index (χ2n) is 15.4. The molecule has 1 saturated heterocycles. The number of Topliss-reactive ketones (excluding diaryl/α,β-unsaturated/α-hetero) is 2. The fourth-order valence-electron chi connectivity index (χ4n) is 9.23. The van der Waals surface area contributed by atoms with Crippen molar-refractivity contribution in [1.29, 1.82) is 0 Å². The van der Waals surface area contributed by atoms with E-state index in [1.807, 2.05) is 72.8 Å². The van der Waals surface area contributed by atoms with E-state index in [2.05, 4.69) is 68.4 Å². The zero-order valence-electron chi connectivity index (χ0n) is 32.1. The van der Waals surface area contributed by atoms with Crippen LogP contribution < -0.4 is 9.47 Å². The molecule has 3 aliphatic carbocycles. The number of carbonyl (C=O) groups excluding carboxylic acids is 2. The number of fused-ring (bicyclic) bond motifs is 4. The van der Waals surface area contributed by atoms with E-state index in [1.54, 1.807) is 0 Å². The number of rotatable bonds is 14. The Balaban J connectivity index is 1.13. The second-order valence-corrected chi connectivity index (χ2v) is 21.9. The number of ketones is 2. The van der Waals surface area contributed by atoms with Crippen molar-refractivity contribution in [3.05, 3.63) is 158 Å². The Hall–Kier alpha value is -3.03. The topological polar surface area (TPSA) is 111 Å². The van der Waals surface area contributed by atoms with Crippen LogP contribution in [-0.4, -0.2) is 42.1 Å². The summed E-state index contributed by atoms with van der Waals surface area (Å²) in [6.07, 6.45) is 2.95. The van der Waals surface area contributed by atoms with Gasteiger partial charge in [-0.2, -0.15) is 0 Å². The van der Waals surface area contributed by atoms with Crippen LogP contribution in [0.15, 0.2) is 113 Å². The molecule has 4 atom stereocenters. The first-order valence-electron chi connectivity index (χ1n) is 19.7. The molecule has 1 N–H and O–H groups in total. The first kappa shape index (κ1) is 42.3. The van der Waals surface area contributed by atoms with Crippen LogP contribution in [0, 0.1) is 11.8 Å². The number of hydrogen-bond acceptors (Lipinski definition) is 13. The molecule has 0 spiro atoms. The molecule has 9 rings (SSSR count). The van der Waals surface area contributed by atoms with Crippen LogP contribution in [-0.2, 0) is 36.7 Å². The molecular formula is C44H39BClIN2O7S4. The number of ether oxygens (including phenoxy) is 2. The van der Waals surface area contributed by atoms with E-state index in [1.165, 1.54) is 26.0 Å². The number of benzene rings is 4. The lowest BCUT2D eigenvalue weighted by Gasteiger charge is -2.47. The lowest BCUT2D eigenvalue weighted by Crippen LogP contribution is -2.54. The van der Waals surface area contributed by atoms with Gasteiger partial charge in [0.15, 0.2) is 22.1 Å². The standard InChI is InChI=1S/C44H39BClIN2O7S4/c46-39-31(33-17-10-18-49(33)23-26-11-4-1-5-12-26)22-34(53-24-27-13-6-2-7-14-27)37-32(39)20-29-19-30-21-35-38(43(48-55-35)54-25-28-15-8-3-9-16-28)42(52)44(30,41(51)36(29)40(37)50)58-56-45(47)59-60-57/h1-9,11-16,22,29-30,33,51,57H,10,17-21,23-25H2/t29?,30-,33?,44-/m0/s1. The van der Waals surface area contributed by atoms with E-state index in [-0.39, 0.29) is 48.5 Å². The zero-order chi connectivity index (χ0) is 41.4. The molecule has 308 valence electrons. The molecule has 2 heterocycles. The van der Waals surface area contributed by atoms with Crippen LogP contribution in [0.4, 0.5) is 0 Å². The summed E-state index contributed by atoms with van der Waals surface area (Å²) in [5.41, 5.74) is 5.33. The highest BCUT2D eigenvalue weighted by Gasteiger charge is 2.62. The predicted octanol–water partition coefficient (Wildman–Crippen LogP) is 11.5. The molecule has 0 radical (unpaired) electrons. The third kappa shape index (κ3) is 8.06. The molecule has 0 saturated carbocycles. The minimum absolute atomic E-state index is 0.0173. The number of aliphatic hydroxyl groups is 1. The molecular weight excluding hydrogens is 970 g/mol. The van der Waals surface area contributed by atoms with Gasteiger partial charge in [0.25, 0.3) is 5.88 Å². The first-order chi connectivity index (χ1) is 29.3. The van der Waals surface area contributed by atoms with Crippen molar-refractivity contribution in [2.24, 2.45) is 11.8 Å². The fraction of sp³-hybridized carbons (Fsp3) is 0.295. The third-order valence-electron chi connectivity index (χ3n) is 11.9. The van der Waals surface area contributed by atoms with Crippen molar-refractivity contribution in [3.63, 3.8) is 0 Å². The van der Waals surface area contributed by atoms with Crippen LogP contribution in [0.1, 0.15) is 79.6 Å². The summed E-state index contributed by atoms with van der Waals surface area (Å²) in [6.45, 7) is 2.06. The highest BCUT2D eigenvalue weighted by atomic mass is 127. The quantitative estimate of drug-likeness (QED) is 0.0363. The Bertz CT molecular complexity index is 2430. The average molecular weight is 1010 g/mol. The summed E-state index contributed by atoms with van der Waals surface area (Å²) in [6, 6.07) is 31.7. The Morgan fingerprint density at radius 2 is 1.62 bits per heavy atom. The maximum Gasteiger partial charge on any atom is 0.458 e. The maximum absolute atomic E-state index is 15.3. The Kier molecular flexibility index (Phi) is 12.9. The Morgan fingerprint density at radius 1 is 0.950 bits per heavy atom. The number of aromatic nitrogens is 1. The van der Waals surface area contributed by atoms with Gasteiger partial charge in [-0.25, -0.2) is 0 Å². The molecule has 2 unspecified atom stereocenters. The molecule has 4 aromatic carbocycles. The highest BCUT2D eigenvalue weighted by molar-refractivity contribution is 14.1. The molecule has 1 fully saturated rings. The Morgan fingerprint density at radius 3 is 2.30 bits per heavy atom. The van der Waals surface area contributed by atoms with Crippen molar-refractivity contribution in [2.75, 3.05) is 6.54 Å². The normalized spacial score (nSPS) is 22.2. The number of allylic oxidation sites excluding steroid dienone is 1. The van der Waals surface area contributed by atoms with E-state index in [0.29, 0.717) is 40.5 Å². The smallest absolute Gasteiger partial charge is 0.458 e. The van der Waals surface area contributed by atoms with E-state index in [0.717, 1.165) is 54.7 Å². The van der Waals surface area contributed by atoms with Crippen LogP contribution in [0.25, 0.3) is 0 Å². The van der Waals surface area contributed by atoms with Crippen molar-refractivity contribution < 1.29 is 32.8 Å². The monoisotopic (exact) mass is 1010 g/mol. The summed E-state index contributed by atoms with van der Waals surface area (Å²) in [5.74, 6) is -1.33. The molecule has 9 nitrogen and oxygen atoms in total. The molecule has 0 amide bonds. The lowest BCUT2D eigenvalue weighted by molar-refractivity contribution is 0.0809. The minimum Gasteiger partial charge on any atom is -0.510 e. The van der Waals surface area contributed by atoms with E-state index in [9.17, 15) is 5.11 Å². The number of likely N-dealkylation sites (tertiary alicyclic amines) is 1. The molecule has 16 heteroatoms. The minimum atomic E-state index is -1.69. The van der Waals surface area contributed by atoms with Gasteiger partial charge in [0.05, 0.1) is 5.56 Å². The van der Waals surface area contributed by atoms with Gasteiger partial charge < -0.3 is 23.2 Å². The molecule has 1 aliphatic heterocycles. The molecule has 1 aromatic heterocycles. The van der Waals surface area contributed by atoms with Crippen molar-refractivity contribution in [3.8, 4) is 11.6 Å². The number of aliphatic hydroxyl groups excluding tert-OH is 1. The molecule has 0 bridgehead atoms. The summed E-state index contributed by atoms with van der Waals surface area (Å²) in [4.78, 5) is 32.9. The van der Waals surface area contributed by atoms with Gasteiger partial charge in [-0.3, -0.25) is 14.5 Å². The molecule has 5 aromatic rings. The third-order valence-corrected chi connectivity index (χ3v) is 18.1. The van der Waals surface area contributed by atoms with Gasteiger partial charge in [0, 0.05) is 29.6 Å². The SMILES string of the molecule is O=C1C2=C(O)[C@]3(SOB(I)SSS)C(=O)c4c(OCc5ccccc5)noc4C[C@@H]3CC2Cc2c(Cl)c(C3CCCN3Cc3ccccc3)cc(OCc3ccccc3)c21. The number of carbonyl (C=O) groups is 2. The summed E-state index contributed by atoms with van der Waals surface area (Å²) < 4.78 is 22.6. The van der Waals surface area contributed by atoms with E-state index in [4.69, 9.17) is 29.7 Å². The number of nitrogens with zero attached hydrogens (tertiary/aromatic N) is 2. The van der Waals surface area contributed by atoms with Gasteiger partial charge in [0.1, 0.15) is 30.3 Å². The summed E-state index contributed by atoms with van der Waals surface area (Å²) in [7, 11) is 2.57. The van der Waals surface area contributed by atoms with Gasteiger partial charge in [0.2, 0.25) is 0 Å². The number of halogens is 2. The van der Waals surface area contributed by atoms with Gasteiger partial charge in [-0.15, -0.1) is 11.7 Å². The molecule has 60 heavy (non-hydrogen) atoms. The predicted molar refractivity (Wildman–Crippen MR) is 251 cm³/mol. The van der Waals surface area contributed by atoms with Crippen LogP contribution >= 0.6 is 78.1 Å². The number of hydrogen-bond donors (Lipinski definition) is 2. The Labute approximate surface area is 384 Å². The van der Waals surface area contributed by atoms with Crippen molar-refractivity contribution in [1.82, 2.24) is 10.1 Å². The first-order valence-corrected chi connectivity index (χ1v) is 25.3.